The van der Waals surface area contributed by atoms with Crippen molar-refractivity contribution in [2.45, 2.75) is 0 Å². The third kappa shape index (κ3) is 2.27. The molecule has 27 heavy (non-hydrogen) atoms. The number of anilines is 1. The minimum atomic E-state index is -0.708. The summed E-state index contributed by atoms with van der Waals surface area (Å²) in [5, 5.41) is 0. The van der Waals surface area contributed by atoms with Gasteiger partial charge in [0.1, 0.15) is 11.3 Å². The van der Waals surface area contributed by atoms with Gasteiger partial charge in [0, 0.05) is 11.6 Å². The van der Waals surface area contributed by atoms with E-state index in [0.717, 1.165) is 10.5 Å². The van der Waals surface area contributed by atoms with E-state index in [1.165, 1.54) is 18.2 Å². The number of nitrogens with zero attached hydrogens (tertiary/aromatic N) is 2. The molecule has 130 valence electrons. The summed E-state index contributed by atoms with van der Waals surface area (Å²) >= 11 is 0. The predicted molar refractivity (Wildman–Crippen MR) is 97.0 cm³/mol. The van der Waals surface area contributed by atoms with Crippen LogP contribution in [0.25, 0.3) is 22.6 Å². The molecule has 0 atom stereocenters. The third-order valence-electron chi connectivity index (χ3n) is 4.52. The quantitative estimate of drug-likeness (QED) is 0.497. The number of carbonyl (C=O) groups is 2. The van der Waals surface area contributed by atoms with E-state index in [1.54, 1.807) is 18.2 Å². The second-order valence-corrected chi connectivity index (χ2v) is 6.15. The van der Waals surface area contributed by atoms with Crippen molar-refractivity contribution in [3.63, 3.8) is 0 Å². The molecule has 0 aliphatic carbocycles. The molecular formula is C21H11FN2O3. The molecule has 0 radical (unpaired) electrons. The van der Waals surface area contributed by atoms with Gasteiger partial charge in [-0.3, -0.25) is 9.59 Å². The van der Waals surface area contributed by atoms with E-state index in [2.05, 4.69) is 4.98 Å². The largest absolute Gasteiger partial charge is 0.436 e. The van der Waals surface area contributed by atoms with Crippen molar-refractivity contribution < 1.29 is 18.4 Å². The van der Waals surface area contributed by atoms with E-state index < -0.39 is 17.6 Å². The molecular weight excluding hydrogens is 347 g/mol. The SMILES string of the molecule is O=C1c2cccc(F)c2C(=O)N1c1ccc2nc(-c3ccccc3)oc2c1. The lowest BCUT2D eigenvalue weighted by Gasteiger charge is -2.13. The molecule has 0 saturated heterocycles. The van der Waals surface area contributed by atoms with Crippen LogP contribution in [0.4, 0.5) is 10.1 Å². The first-order valence-corrected chi connectivity index (χ1v) is 8.27. The number of benzene rings is 3. The molecule has 4 aromatic rings. The molecule has 1 aliphatic rings. The predicted octanol–water partition coefficient (Wildman–Crippen LogP) is 4.43. The number of aromatic nitrogens is 1. The highest BCUT2D eigenvalue weighted by molar-refractivity contribution is 6.34. The van der Waals surface area contributed by atoms with E-state index in [1.807, 2.05) is 30.3 Å². The fourth-order valence-electron chi connectivity index (χ4n) is 3.24. The highest BCUT2D eigenvalue weighted by Crippen LogP contribution is 2.33. The molecule has 6 heteroatoms. The van der Waals surface area contributed by atoms with Gasteiger partial charge in [-0.25, -0.2) is 14.3 Å². The lowest BCUT2D eigenvalue weighted by molar-refractivity contribution is 0.0925. The van der Waals surface area contributed by atoms with Gasteiger partial charge in [-0.1, -0.05) is 24.3 Å². The van der Waals surface area contributed by atoms with Crippen LogP contribution in [0.1, 0.15) is 20.7 Å². The third-order valence-corrected chi connectivity index (χ3v) is 4.52. The van der Waals surface area contributed by atoms with Crippen LogP contribution in [0.2, 0.25) is 0 Å². The number of rotatable bonds is 2. The Morgan fingerprint density at radius 1 is 0.889 bits per heavy atom. The summed E-state index contributed by atoms with van der Waals surface area (Å²) in [6.45, 7) is 0. The van der Waals surface area contributed by atoms with E-state index >= 15 is 0 Å². The maximum Gasteiger partial charge on any atom is 0.269 e. The normalized spacial score (nSPS) is 13.4. The molecule has 0 saturated carbocycles. The van der Waals surface area contributed by atoms with Crippen LogP contribution in [-0.2, 0) is 0 Å². The summed E-state index contributed by atoms with van der Waals surface area (Å²) in [4.78, 5) is 30.6. The van der Waals surface area contributed by atoms with E-state index in [4.69, 9.17) is 4.42 Å². The number of amides is 2. The fraction of sp³-hybridized carbons (Fsp3) is 0. The van der Waals surface area contributed by atoms with Gasteiger partial charge >= 0.3 is 0 Å². The molecule has 2 heterocycles. The molecule has 0 fully saturated rings. The smallest absolute Gasteiger partial charge is 0.269 e. The van der Waals surface area contributed by atoms with Gasteiger partial charge in [0.2, 0.25) is 5.89 Å². The van der Waals surface area contributed by atoms with Gasteiger partial charge in [0.05, 0.1) is 16.8 Å². The van der Waals surface area contributed by atoms with E-state index in [-0.39, 0.29) is 11.1 Å². The van der Waals surface area contributed by atoms with Crippen molar-refractivity contribution in [3.05, 3.63) is 83.7 Å². The number of hydrogen-bond donors (Lipinski definition) is 0. The number of oxazole rings is 1. The van der Waals surface area contributed by atoms with Crippen LogP contribution < -0.4 is 4.90 Å². The van der Waals surface area contributed by atoms with Gasteiger partial charge in [-0.05, 0) is 36.4 Å². The number of hydrogen-bond acceptors (Lipinski definition) is 4. The Morgan fingerprint density at radius 2 is 1.70 bits per heavy atom. The minimum Gasteiger partial charge on any atom is -0.436 e. The van der Waals surface area contributed by atoms with Gasteiger partial charge in [-0.15, -0.1) is 0 Å². The van der Waals surface area contributed by atoms with Crippen molar-refractivity contribution in [3.8, 4) is 11.5 Å². The first-order valence-electron chi connectivity index (χ1n) is 8.27. The standard InChI is InChI=1S/C21H11FN2O3/c22-15-8-4-7-14-18(15)21(26)24(20(14)25)13-9-10-16-17(11-13)27-19(23-16)12-5-2-1-3-6-12/h1-11H. The molecule has 0 spiro atoms. The Hall–Kier alpha value is -3.80. The molecule has 2 amide bonds. The Kier molecular flexibility index (Phi) is 3.21. The molecule has 1 aromatic heterocycles. The second-order valence-electron chi connectivity index (χ2n) is 6.15. The first-order chi connectivity index (χ1) is 13.1. The van der Waals surface area contributed by atoms with Gasteiger partial charge in [0.15, 0.2) is 5.58 Å². The van der Waals surface area contributed by atoms with Crippen molar-refractivity contribution in [1.29, 1.82) is 0 Å². The van der Waals surface area contributed by atoms with E-state index in [9.17, 15) is 14.0 Å². The minimum absolute atomic E-state index is 0.0580. The Balaban J connectivity index is 1.59. The Morgan fingerprint density at radius 3 is 2.48 bits per heavy atom. The van der Waals surface area contributed by atoms with Crippen LogP contribution in [0, 0.1) is 5.82 Å². The van der Waals surface area contributed by atoms with Gasteiger partial charge < -0.3 is 4.42 Å². The average Bonchev–Trinajstić information content (AvgIpc) is 3.22. The summed E-state index contributed by atoms with van der Waals surface area (Å²) in [7, 11) is 0. The summed E-state index contributed by atoms with van der Waals surface area (Å²) in [6, 6.07) is 18.2. The van der Waals surface area contributed by atoms with Crippen molar-refractivity contribution in [1.82, 2.24) is 4.98 Å². The van der Waals surface area contributed by atoms with Crippen LogP contribution in [0.5, 0.6) is 0 Å². The number of carbonyl (C=O) groups excluding carboxylic acids is 2. The topological polar surface area (TPSA) is 63.4 Å². The van der Waals surface area contributed by atoms with E-state index in [0.29, 0.717) is 22.7 Å². The van der Waals surface area contributed by atoms with Crippen LogP contribution in [0.15, 0.2) is 71.1 Å². The molecule has 5 nitrogen and oxygen atoms in total. The number of halogens is 1. The summed E-state index contributed by atoms with van der Waals surface area (Å²) in [6.07, 6.45) is 0. The summed E-state index contributed by atoms with van der Waals surface area (Å²) in [5.41, 5.74) is 2.01. The van der Waals surface area contributed by atoms with Gasteiger partial charge in [-0.2, -0.15) is 0 Å². The molecule has 0 unspecified atom stereocenters. The Bertz CT molecular complexity index is 1230. The highest BCUT2D eigenvalue weighted by Gasteiger charge is 2.39. The zero-order valence-electron chi connectivity index (χ0n) is 13.8. The van der Waals surface area contributed by atoms with Gasteiger partial charge in [0.25, 0.3) is 11.8 Å². The maximum atomic E-state index is 14.0. The zero-order chi connectivity index (χ0) is 18.5. The second kappa shape index (κ2) is 5.60. The average molecular weight is 358 g/mol. The molecule has 0 N–H and O–H groups in total. The van der Waals surface area contributed by atoms with Crippen molar-refractivity contribution in [2.75, 3.05) is 4.90 Å². The number of imide groups is 1. The summed E-state index contributed by atoms with van der Waals surface area (Å²) in [5.74, 6) is -1.51. The highest BCUT2D eigenvalue weighted by atomic mass is 19.1. The molecule has 1 aliphatic heterocycles. The van der Waals surface area contributed by atoms with Crippen LogP contribution >= 0.6 is 0 Å². The lowest BCUT2D eigenvalue weighted by Crippen LogP contribution is -2.29. The summed E-state index contributed by atoms with van der Waals surface area (Å²) < 4.78 is 19.8. The maximum absolute atomic E-state index is 14.0. The molecule has 0 bridgehead atoms. The van der Waals surface area contributed by atoms with Crippen LogP contribution in [0.3, 0.4) is 0 Å². The fourth-order valence-corrected chi connectivity index (χ4v) is 3.24. The molecule has 5 rings (SSSR count). The molecule has 3 aromatic carbocycles. The van der Waals surface area contributed by atoms with Crippen molar-refractivity contribution >= 4 is 28.6 Å². The lowest BCUT2D eigenvalue weighted by atomic mass is 10.1. The zero-order valence-corrected chi connectivity index (χ0v) is 13.8. The number of fused-ring (bicyclic) bond motifs is 2. The first kappa shape index (κ1) is 15.5. The van der Waals surface area contributed by atoms with Crippen LogP contribution in [-0.4, -0.2) is 16.8 Å². The van der Waals surface area contributed by atoms with Crippen molar-refractivity contribution in [2.24, 2.45) is 0 Å². The monoisotopic (exact) mass is 358 g/mol. The Labute approximate surface area is 152 Å².